The standard InChI is InChI=1S/C62H82N14O14/c1-9-35(3)53-59(87)63-29-41(69-57(85)51-45(77)27-37-19-11-13-21-39(37)67-51)61(89)75-25-17-15-23-43(75)55(83)66-32-48(80)72(6)34-50(82)74(8)54(36(4)10-2)60(88)64-30-42(70-58(86)52-46(78)28-38-20-12-14-22-40(38)68-52)62(90)76-26-18-16-24-44(76)56(84)65-31-47(79)71(5)33-49(81)73(53)7/h11-14,19-22,27-28,35-36,41-44,53-54,77-78H,9-10,15-18,23-26,29-34H2,1-8H3,(H,63,87)(H,64,88)(H,65,84)(H,66,83)(H,69,85)(H,70,86)/t35-,36-,41+,42+,43-,44-,53-,54-/m0/s1. The van der Waals surface area contributed by atoms with Gasteiger partial charge in [-0.25, -0.2) is 9.97 Å². The largest absolute Gasteiger partial charge is 0.505 e. The number of likely N-dealkylation sites (N-methyl/N-ethyl adjacent to an activating group) is 4. The number of amides is 12. The summed E-state index contributed by atoms with van der Waals surface area (Å²) < 4.78 is 0. The number of aromatic hydroxyl groups is 2. The number of rotatable bonds is 8. The van der Waals surface area contributed by atoms with Crippen LogP contribution in [0.3, 0.4) is 0 Å². The van der Waals surface area contributed by atoms with E-state index >= 15 is 0 Å². The number of benzene rings is 2. The van der Waals surface area contributed by atoms with Crippen LogP contribution in [0.5, 0.6) is 11.5 Å². The van der Waals surface area contributed by atoms with Crippen molar-refractivity contribution in [3.05, 3.63) is 72.1 Å². The van der Waals surface area contributed by atoms with Crippen molar-refractivity contribution < 1.29 is 67.7 Å². The summed E-state index contributed by atoms with van der Waals surface area (Å²) in [5.41, 5.74) is -0.174. The molecule has 3 aliphatic heterocycles. The molecule has 28 nitrogen and oxygen atoms in total. The fourth-order valence-corrected chi connectivity index (χ4v) is 11.4. The summed E-state index contributed by atoms with van der Waals surface area (Å²) in [6.45, 7) is 3.42. The maximum Gasteiger partial charge on any atom is 0.274 e. The lowest BCUT2D eigenvalue weighted by Gasteiger charge is -2.38. The lowest BCUT2D eigenvalue weighted by atomic mass is 9.96. The predicted molar refractivity (Wildman–Crippen MR) is 327 cm³/mol. The topological polar surface area (TPSA) is 363 Å². The van der Waals surface area contributed by atoms with E-state index in [1.807, 2.05) is 0 Å². The molecule has 2 aromatic carbocycles. The maximum absolute atomic E-state index is 14.9. The average Bonchev–Trinajstić information content (AvgIpc) is 1.45. The smallest absolute Gasteiger partial charge is 0.274 e. The summed E-state index contributed by atoms with van der Waals surface area (Å²) in [7, 11) is 5.35. The second-order valence-corrected chi connectivity index (χ2v) is 23.3. The first-order valence-corrected chi connectivity index (χ1v) is 30.4. The third-order valence-corrected chi connectivity index (χ3v) is 17.1. The highest BCUT2D eigenvalue weighted by Gasteiger charge is 2.41. The minimum Gasteiger partial charge on any atom is -0.505 e. The Bertz CT molecular complexity index is 3180. The molecule has 0 bridgehead atoms. The third kappa shape index (κ3) is 16.2. The zero-order valence-corrected chi connectivity index (χ0v) is 52.1. The van der Waals surface area contributed by atoms with Crippen molar-refractivity contribution in [2.45, 2.75) is 115 Å². The first-order chi connectivity index (χ1) is 42.8. The highest BCUT2D eigenvalue weighted by molar-refractivity contribution is 6.03. The summed E-state index contributed by atoms with van der Waals surface area (Å²) in [5.74, 6) is -11.5. The van der Waals surface area contributed by atoms with Crippen LogP contribution in [0, 0.1) is 11.8 Å². The average molecular weight is 1250 g/mol. The van der Waals surface area contributed by atoms with E-state index in [-0.39, 0.29) is 25.9 Å². The molecular formula is C62H82N14O14. The van der Waals surface area contributed by atoms with Crippen molar-refractivity contribution in [2.75, 3.05) is 80.5 Å². The molecule has 0 spiro atoms. The zero-order valence-electron chi connectivity index (χ0n) is 52.1. The fourth-order valence-electron chi connectivity index (χ4n) is 11.4. The Balaban J connectivity index is 1.19. The van der Waals surface area contributed by atoms with Gasteiger partial charge in [0.15, 0.2) is 11.4 Å². The molecule has 0 aliphatic carbocycles. The van der Waals surface area contributed by atoms with E-state index < -0.39 is 181 Å². The Labute approximate surface area is 521 Å². The molecule has 3 aliphatic rings. The third-order valence-electron chi connectivity index (χ3n) is 17.1. The van der Waals surface area contributed by atoms with Gasteiger partial charge in [-0.2, -0.15) is 0 Å². The Morgan fingerprint density at radius 2 is 0.900 bits per heavy atom. The molecule has 0 unspecified atom stereocenters. The first kappa shape index (κ1) is 68.0. The van der Waals surface area contributed by atoms with Crippen molar-refractivity contribution in [1.29, 1.82) is 0 Å². The highest BCUT2D eigenvalue weighted by Crippen LogP contribution is 2.26. The van der Waals surface area contributed by atoms with E-state index in [1.54, 1.807) is 76.2 Å². The van der Waals surface area contributed by atoms with E-state index in [1.165, 1.54) is 50.1 Å². The monoisotopic (exact) mass is 1250 g/mol. The number of carbonyl (C=O) groups is 12. The van der Waals surface area contributed by atoms with Crippen LogP contribution in [-0.4, -0.2) is 237 Å². The second-order valence-electron chi connectivity index (χ2n) is 23.3. The first-order valence-electron chi connectivity index (χ1n) is 30.4. The van der Waals surface area contributed by atoms with Gasteiger partial charge in [0.25, 0.3) is 11.8 Å². The number of piperidine rings is 2. The van der Waals surface area contributed by atoms with Gasteiger partial charge in [-0.3, -0.25) is 57.5 Å². The number of hydrogen-bond donors (Lipinski definition) is 8. The number of hydrogen-bond acceptors (Lipinski definition) is 16. The number of fused-ring (bicyclic) bond motifs is 4. The maximum atomic E-state index is 14.9. The predicted octanol–water partition coefficient (Wildman–Crippen LogP) is -0.00520. The van der Waals surface area contributed by atoms with Gasteiger partial charge in [0, 0.05) is 65.1 Å². The number of pyridine rings is 2. The van der Waals surface area contributed by atoms with Gasteiger partial charge in [-0.05, 0) is 74.6 Å². The normalized spacial score (nSPS) is 23.3. The highest BCUT2D eigenvalue weighted by atomic mass is 16.3. The van der Waals surface area contributed by atoms with Crippen LogP contribution >= 0.6 is 0 Å². The van der Waals surface area contributed by atoms with E-state index in [0.717, 1.165) is 19.6 Å². The molecule has 484 valence electrons. The summed E-state index contributed by atoms with van der Waals surface area (Å²) in [5, 5.41) is 38.8. The molecule has 8 atom stereocenters. The second kappa shape index (κ2) is 30.6. The van der Waals surface area contributed by atoms with Gasteiger partial charge in [0.2, 0.25) is 59.1 Å². The fraction of sp³-hybridized carbons (Fsp3) is 0.516. The Morgan fingerprint density at radius 3 is 1.27 bits per heavy atom. The lowest BCUT2D eigenvalue weighted by Crippen LogP contribution is -2.61. The molecule has 2 aromatic heterocycles. The molecule has 7 rings (SSSR count). The summed E-state index contributed by atoms with van der Waals surface area (Å²) in [6.07, 6.45) is 2.80. The number of aromatic nitrogens is 2. The molecule has 3 fully saturated rings. The van der Waals surface area contributed by atoms with Gasteiger partial charge >= 0.3 is 0 Å². The molecule has 0 saturated carbocycles. The number of para-hydroxylation sites is 2. The summed E-state index contributed by atoms with van der Waals surface area (Å²) >= 11 is 0. The number of carbonyl (C=O) groups excluding carboxylic acids is 12. The molecule has 4 aromatic rings. The SMILES string of the molecule is CC[C@H](C)[C@H]1C(=O)NC[C@@H](NC(=O)c2nc3ccccc3cc2O)C(=O)N2CCCC[C@H]2C(=O)NCC(=O)N(C)CC(=O)N(C)[C@@H]([C@@H](C)CC)C(=O)NC[C@@H](NC(=O)c2nc3ccccc3cc2O)C(=O)N2CCCC[C@H]2C(=O)NCC(=O)N(C)CC(=O)N1C. The Kier molecular flexibility index (Phi) is 23.1. The van der Waals surface area contributed by atoms with Gasteiger partial charge in [0.05, 0.1) is 37.2 Å². The molecule has 5 heterocycles. The summed E-state index contributed by atoms with van der Waals surface area (Å²) in [4.78, 5) is 186. The van der Waals surface area contributed by atoms with E-state index in [4.69, 9.17) is 0 Å². The molecule has 8 N–H and O–H groups in total. The molecule has 3 saturated heterocycles. The van der Waals surface area contributed by atoms with Crippen LogP contribution in [0.25, 0.3) is 21.8 Å². The van der Waals surface area contributed by atoms with Crippen LogP contribution in [0.2, 0.25) is 0 Å². The van der Waals surface area contributed by atoms with Crippen LogP contribution in [-0.2, 0) is 47.9 Å². The minimum absolute atomic E-state index is 0.0109. The molecule has 0 radical (unpaired) electrons. The van der Waals surface area contributed by atoms with E-state index in [2.05, 4.69) is 41.9 Å². The lowest BCUT2D eigenvalue weighted by molar-refractivity contribution is -0.146. The van der Waals surface area contributed by atoms with E-state index in [0.29, 0.717) is 60.3 Å². The van der Waals surface area contributed by atoms with Crippen LogP contribution < -0.4 is 31.9 Å². The van der Waals surface area contributed by atoms with Gasteiger partial charge in [-0.15, -0.1) is 0 Å². The quantitative estimate of drug-likeness (QED) is 0.115. The Hall–Kier alpha value is -9.50. The van der Waals surface area contributed by atoms with Crippen molar-refractivity contribution >= 4 is 92.7 Å². The van der Waals surface area contributed by atoms with Crippen molar-refractivity contribution in [3.63, 3.8) is 0 Å². The minimum atomic E-state index is -1.61. The van der Waals surface area contributed by atoms with Crippen LogP contribution in [0.15, 0.2) is 60.7 Å². The number of nitrogens with zero attached hydrogens (tertiary/aromatic N) is 8. The molecule has 12 amide bonds. The molecular weight excluding hydrogens is 1160 g/mol. The van der Waals surface area contributed by atoms with Crippen molar-refractivity contribution in [3.8, 4) is 11.5 Å². The van der Waals surface area contributed by atoms with Gasteiger partial charge < -0.3 is 71.5 Å². The van der Waals surface area contributed by atoms with Gasteiger partial charge in [-0.1, -0.05) is 76.9 Å². The van der Waals surface area contributed by atoms with Crippen LogP contribution in [0.4, 0.5) is 0 Å². The Morgan fingerprint density at radius 1 is 0.533 bits per heavy atom. The van der Waals surface area contributed by atoms with Crippen LogP contribution in [0.1, 0.15) is 100 Å². The zero-order chi connectivity index (χ0) is 65.7. The summed E-state index contributed by atoms with van der Waals surface area (Å²) in [6, 6.07) is 7.99. The van der Waals surface area contributed by atoms with E-state index in [9.17, 15) is 67.7 Å². The van der Waals surface area contributed by atoms with Gasteiger partial charge in [0.1, 0.15) is 47.8 Å². The van der Waals surface area contributed by atoms with Crippen molar-refractivity contribution in [2.24, 2.45) is 11.8 Å². The molecule has 28 heteroatoms. The van der Waals surface area contributed by atoms with Crippen molar-refractivity contribution in [1.82, 2.24) is 71.3 Å². The number of nitrogens with one attached hydrogen (secondary N) is 6. The molecule has 90 heavy (non-hydrogen) atoms.